The number of nitrogens with one attached hydrogen (secondary N) is 1. The van der Waals surface area contributed by atoms with E-state index in [-0.39, 0.29) is 24.2 Å². The molecular weight excluding hydrogens is 274 g/mol. The number of morpholine rings is 1. The lowest BCUT2D eigenvalue weighted by atomic mass is 10.1. The summed E-state index contributed by atoms with van der Waals surface area (Å²) >= 11 is 0. The summed E-state index contributed by atoms with van der Waals surface area (Å²) in [5, 5.41) is 14.0. The minimum absolute atomic E-state index is 0.00289. The number of nitrogens with zero attached hydrogens (tertiary/aromatic N) is 2. The van der Waals surface area contributed by atoms with Crippen LogP contribution in [0.1, 0.15) is 12.5 Å². The van der Waals surface area contributed by atoms with E-state index in [2.05, 4.69) is 5.32 Å². The highest BCUT2D eigenvalue weighted by Gasteiger charge is 2.22. The number of rotatable bonds is 5. The molecule has 0 bridgehead atoms. The smallest absolute Gasteiger partial charge is 0.273 e. The normalized spacial score (nSPS) is 16.5. The van der Waals surface area contributed by atoms with Gasteiger partial charge in [0.15, 0.2) is 0 Å². The van der Waals surface area contributed by atoms with Crippen LogP contribution in [-0.4, -0.2) is 48.1 Å². The van der Waals surface area contributed by atoms with Gasteiger partial charge < -0.3 is 15.0 Å². The minimum Gasteiger partial charge on any atom is -0.378 e. The van der Waals surface area contributed by atoms with Crippen molar-refractivity contribution in [2.75, 3.05) is 26.3 Å². The molecule has 7 nitrogen and oxygen atoms in total. The molecule has 1 aliphatic heterocycles. The van der Waals surface area contributed by atoms with Crippen molar-refractivity contribution in [3.05, 3.63) is 39.9 Å². The first kappa shape index (κ1) is 15.4. The Labute approximate surface area is 123 Å². The molecule has 21 heavy (non-hydrogen) atoms. The predicted octanol–water partition coefficient (Wildman–Crippen LogP) is 0.932. The van der Waals surface area contributed by atoms with Crippen LogP contribution in [0.5, 0.6) is 0 Å². The lowest BCUT2D eigenvalue weighted by Gasteiger charge is -2.29. The number of nitro benzene ring substituents is 1. The lowest BCUT2D eigenvalue weighted by molar-refractivity contribution is -0.385. The maximum Gasteiger partial charge on any atom is 0.273 e. The van der Waals surface area contributed by atoms with E-state index in [1.165, 1.54) is 6.07 Å². The van der Waals surface area contributed by atoms with Gasteiger partial charge >= 0.3 is 0 Å². The number of benzene rings is 1. The first-order valence-corrected chi connectivity index (χ1v) is 6.92. The Morgan fingerprint density at radius 3 is 2.76 bits per heavy atom. The van der Waals surface area contributed by atoms with E-state index in [0.717, 1.165) is 0 Å². The molecule has 1 fully saturated rings. The van der Waals surface area contributed by atoms with Gasteiger partial charge in [-0.2, -0.15) is 0 Å². The second-order valence-corrected chi connectivity index (χ2v) is 4.93. The maximum atomic E-state index is 12.2. The van der Waals surface area contributed by atoms with Gasteiger partial charge in [0.2, 0.25) is 5.91 Å². The number of para-hydroxylation sites is 1. The number of hydrogen-bond donors (Lipinski definition) is 1. The van der Waals surface area contributed by atoms with Crippen LogP contribution in [0.4, 0.5) is 5.69 Å². The molecule has 0 radical (unpaired) electrons. The average Bonchev–Trinajstić information content (AvgIpc) is 2.52. The molecule has 1 aromatic carbocycles. The molecule has 114 valence electrons. The quantitative estimate of drug-likeness (QED) is 0.645. The van der Waals surface area contributed by atoms with E-state index < -0.39 is 4.92 Å². The molecule has 2 rings (SSSR count). The molecule has 1 N–H and O–H groups in total. The van der Waals surface area contributed by atoms with E-state index in [9.17, 15) is 14.9 Å². The summed E-state index contributed by atoms with van der Waals surface area (Å²) in [4.78, 5) is 24.5. The topological polar surface area (TPSA) is 84.7 Å². The Morgan fingerprint density at radius 2 is 2.10 bits per heavy atom. The van der Waals surface area contributed by atoms with Crippen molar-refractivity contribution in [2.45, 2.75) is 19.5 Å². The third-order valence-electron chi connectivity index (χ3n) is 3.48. The third kappa shape index (κ3) is 3.99. The monoisotopic (exact) mass is 293 g/mol. The highest BCUT2D eigenvalue weighted by Crippen LogP contribution is 2.17. The average molecular weight is 293 g/mol. The second kappa shape index (κ2) is 7.14. The van der Waals surface area contributed by atoms with Gasteiger partial charge in [-0.25, -0.2) is 0 Å². The molecule has 1 amide bonds. The zero-order valence-corrected chi connectivity index (χ0v) is 11.9. The summed E-state index contributed by atoms with van der Waals surface area (Å²) in [6.45, 7) is 4.36. The number of ether oxygens (including phenoxy) is 1. The van der Waals surface area contributed by atoms with Crippen molar-refractivity contribution >= 4 is 11.6 Å². The van der Waals surface area contributed by atoms with Crippen molar-refractivity contribution in [1.82, 2.24) is 10.2 Å². The van der Waals surface area contributed by atoms with E-state index in [0.29, 0.717) is 31.9 Å². The standard InChI is InChI=1S/C14H19N3O4/c1-11(14(18)16-6-8-21-9-7-16)15-10-12-4-2-3-5-13(12)17(19)20/h2-5,11,15H,6-10H2,1H3. The number of hydrogen-bond acceptors (Lipinski definition) is 5. The minimum atomic E-state index is -0.411. The summed E-state index contributed by atoms with van der Waals surface area (Å²) < 4.78 is 5.21. The first-order chi connectivity index (χ1) is 10.1. The van der Waals surface area contributed by atoms with E-state index >= 15 is 0 Å². The lowest BCUT2D eigenvalue weighted by Crippen LogP contribution is -2.49. The SMILES string of the molecule is CC(NCc1ccccc1[N+](=O)[O-])C(=O)N1CCOCC1. The molecule has 1 aliphatic rings. The van der Waals surface area contributed by atoms with Gasteiger partial charge in [0.1, 0.15) is 0 Å². The molecular formula is C14H19N3O4. The van der Waals surface area contributed by atoms with Gasteiger partial charge in [-0.15, -0.1) is 0 Å². The second-order valence-electron chi connectivity index (χ2n) is 4.93. The van der Waals surface area contributed by atoms with E-state index in [1.54, 1.807) is 30.0 Å². The van der Waals surface area contributed by atoms with Crippen molar-refractivity contribution in [3.63, 3.8) is 0 Å². The van der Waals surface area contributed by atoms with Crippen LogP contribution in [0.25, 0.3) is 0 Å². The molecule has 1 atom stereocenters. The van der Waals surface area contributed by atoms with Gasteiger partial charge in [0, 0.05) is 31.3 Å². The molecule has 0 aliphatic carbocycles. The van der Waals surface area contributed by atoms with Gasteiger partial charge in [0.05, 0.1) is 24.2 Å². The molecule has 1 aromatic rings. The van der Waals surface area contributed by atoms with Gasteiger partial charge in [-0.3, -0.25) is 14.9 Å². The molecule has 7 heteroatoms. The van der Waals surface area contributed by atoms with E-state index in [1.807, 2.05) is 0 Å². The number of carbonyl (C=O) groups is 1. The zero-order valence-electron chi connectivity index (χ0n) is 11.9. The van der Waals surface area contributed by atoms with Crippen molar-refractivity contribution in [3.8, 4) is 0 Å². The summed E-state index contributed by atoms with van der Waals surface area (Å²) in [6, 6.07) is 6.15. The summed E-state index contributed by atoms with van der Waals surface area (Å²) in [5.41, 5.74) is 0.639. The maximum absolute atomic E-state index is 12.2. The van der Waals surface area contributed by atoms with E-state index in [4.69, 9.17) is 4.74 Å². The Balaban J connectivity index is 1.93. The largest absolute Gasteiger partial charge is 0.378 e. The van der Waals surface area contributed by atoms with Crippen molar-refractivity contribution < 1.29 is 14.5 Å². The van der Waals surface area contributed by atoms with Crippen LogP contribution in [0.15, 0.2) is 24.3 Å². The molecule has 0 spiro atoms. The Hall–Kier alpha value is -1.99. The van der Waals surface area contributed by atoms with Gasteiger partial charge in [-0.1, -0.05) is 18.2 Å². The Bertz CT molecular complexity index is 515. The number of nitro groups is 1. The van der Waals surface area contributed by atoms with Crippen LogP contribution in [0.3, 0.4) is 0 Å². The van der Waals surface area contributed by atoms with Crippen LogP contribution < -0.4 is 5.32 Å². The number of amides is 1. The van der Waals surface area contributed by atoms with Crippen molar-refractivity contribution in [2.24, 2.45) is 0 Å². The predicted molar refractivity (Wildman–Crippen MR) is 76.8 cm³/mol. The zero-order chi connectivity index (χ0) is 15.2. The van der Waals surface area contributed by atoms with Crippen molar-refractivity contribution in [1.29, 1.82) is 0 Å². The molecule has 1 saturated heterocycles. The van der Waals surface area contributed by atoms with Crippen LogP contribution >= 0.6 is 0 Å². The van der Waals surface area contributed by atoms with Crippen LogP contribution in [0, 0.1) is 10.1 Å². The summed E-state index contributed by atoms with van der Waals surface area (Å²) in [7, 11) is 0. The molecule has 0 saturated carbocycles. The fraction of sp³-hybridized carbons (Fsp3) is 0.500. The summed E-state index contributed by atoms with van der Waals surface area (Å²) in [5.74, 6) is -0.00289. The fourth-order valence-electron chi connectivity index (χ4n) is 2.25. The molecule has 1 heterocycles. The summed E-state index contributed by atoms with van der Waals surface area (Å²) in [6.07, 6.45) is 0. The van der Waals surface area contributed by atoms with Crippen LogP contribution in [0.2, 0.25) is 0 Å². The Kier molecular flexibility index (Phi) is 5.24. The molecule has 0 aromatic heterocycles. The van der Waals surface area contributed by atoms with Gasteiger partial charge in [0.25, 0.3) is 5.69 Å². The Morgan fingerprint density at radius 1 is 1.43 bits per heavy atom. The first-order valence-electron chi connectivity index (χ1n) is 6.92. The number of carbonyl (C=O) groups excluding carboxylic acids is 1. The third-order valence-corrected chi connectivity index (χ3v) is 3.48. The van der Waals surface area contributed by atoms with Crippen LogP contribution in [-0.2, 0) is 16.1 Å². The fourth-order valence-corrected chi connectivity index (χ4v) is 2.25. The highest BCUT2D eigenvalue weighted by molar-refractivity contribution is 5.81. The van der Waals surface area contributed by atoms with Gasteiger partial charge in [-0.05, 0) is 6.92 Å². The highest BCUT2D eigenvalue weighted by atomic mass is 16.6. The molecule has 1 unspecified atom stereocenters.